The van der Waals surface area contributed by atoms with Gasteiger partial charge in [0.25, 0.3) is 10.0 Å². The van der Waals surface area contributed by atoms with Crippen LogP contribution < -0.4 is 10.0 Å². The van der Waals surface area contributed by atoms with Gasteiger partial charge in [-0.15, -0.1) is 0 Å². The molecule has 102 valence electrons. The first-order valence-electron chi connectivity index (χ1n) is 5.78. The van der Waals surface area contributed by atoms with E-state index in [2.05, 4.69) is 20.2 Å². The molecule has 0 unspecified atom stereocenters. The minimum atomic E-state index is -3.58. The number of aryl methyl sites for hydroxylation is 1. The van der Waals surface area contributed by atoms with Crippen molar-refractivity contribution < 1.29 is 8.42 Å². The summed E-state index contributed by atoms with van der Waals surface area (Å²) in [6.45, 7) is 2.58. The Hall–Kier alpha value is -1.86. The summed E-state index contributed by atoms with van der Waals surface area (Å²) < 4.78 is 26.8. The van der Waals surface area contributed by atoms with E-state index in [9.17, 15) is 8.42 Å². The van der Waals surface area contributed by atoms with Crippen LogP contribution in [-0.4, -0.2) is 25.7 Å². The fourth-order valence-electron chi connectivity index (χ4n) is 1.72. The summed E-state index contributed by atoms with van der Waals surface area (Å²) in [7, 11) is -1.75. The molecule has 6 nitrogen and oxygen atoms in total. The predicted molar refractivity (Wildman–Crippen MR) is 73.3 cm³/mol. The molecule has 0 fully saturated rings. The second-order valence-electron chi connectivity index (χ2n) is 4.21. The van der Waals surface area contributed by atoms with Crippen LogP contribution in [0.1, 0.15) is 11.1 Å². The quantitative estimate of drug-likeness (QED) is 0.769. The van der Waals surface area contributed by atoms with Crippen molar-refractivity contribution >= 4 is 15.7 Å². The van der Waals surface area contributed by atoms with E-state index >= 15 is 0 Å². The van der Waals surface area contributed by atoms with Gasteiger partial charge in [-0.3, -0.25) is 9.82 Å². The maximum absolute atomic E-state index is 12.2. The molecule has 1 aromatic carbocycles. The molecule has 7 heteroatoms. The van der Waals surface area contributed by atoms with Crippen molar-refractivity contribution in [1.29, 1.82) is 0 Å². The Kier molecular flexibility index (Phi) is 3.87. The van der Waals surface area contributed by atoms with Gasteiger partial charge in [-0.2, -0.15) is 5.10 Å². The molecule has 0 amide bonds. The Labute approximate surface area is 112 Å². The molecule has 0 atom stereocenters. The maximum Gasteiger partial charge on any atom is 0.262 e. The van der Waals surface area contributed by atoms with Crippen molar-refractivity contribution in [2.45, 2.75) is 18.4 Å². The molecule has 0 radical (unpaired) electrons. The largest absolute Gasteiger partial charge is 0.316 e. The van der Waals surface area contributed by atoms with Gasteiger partial charge in [0.1, 0.15) is 0 Å². The Morgan fingerprint density at radius 2 is 2.16 bits per heavy atom. The number of anilines is 1. The van der Waals surface area contributed by atoms with E-state index < -0.39 is 10.0 Å². The van der Waals surface area contributed by atoms with E-state index in [1.807, 2.05) is 14.0 Å². The van der Waals surface area contributed by atoms with Gasteiger partial charge in [-0.25, -0.2) is 8.42 Å². The number of rotatable bonds is 5. The number of H-pyrrole nitrogens is 1. The van der Waals surface area contributed by atoms with Crippen LogP contribution in [0.3, 0.4) is 0 Å². The fraction of sp³-hybridized carbons (Fsp3) is 0.250. The molecule has 1 heterocycles. The number of hydrogen-bond acceptors (Lipinski definition) is 4. The van der Waals surface area contributed by atoms with Crippen LogP contribution in [0.25, 0.3) is 0 Å². The second-order valence-corrected chi connectivity index (χ2v) is 5.89. The van der Waals surface area contributed by atoms with Gasteiger partial charge in [-0.05, 0) is 37.2 Å². The highest BCUT2D eigenvalue weighted by molar-refractivity contribution is 7.92. The van der Waals surface area contributed by atoms with Crippen molar-refractivity contribution in [1.82, 2.24) is 15.5 Å². The molecule has 1 aromatic heterocycles. The Morgan fingerprint density at radius 3 is 2.79 bits per heavy atom. The van der Waals surface area contributed by atoms with Gasteiger partial charge in [0.05, 0.1) is 16.8 Å². The first kappa shape index (κ1) is 13.6. The van der Waals surface area contributed by atoms with Crippen molar-refractivity contribution in [2.24, 2.45) is 0 Å². The average molecular weight is 280 g/mol. The maximum atomic E-state index is 12.2. The molecule has 0 aliphatic rings. The highest BCUT2D eigenvalue weighted by Gasteiger charge is 2.15. The Morgan fingerprint density at radius 1 is 1.37 bits per heavy atom. The third-order valence-corrected chi connectivity index (χ3v) is 4.13. The molecule has 0 bridgehead atoms. The van der Waals surface area contributed by atoms with Gasteiger partial charge in [0.15, 0.2) is 0 Å². The molecule has 0 aliphatic carbocycles. The lowest BCUT2D eigenvalue weighted by Crippen LogP contribution is -2.14. The topological polar surface area (TPSA) is 86.9 Å². The highest BCUT2D eigenvalue weighted by atomic mass is 32.2. The monoisotopic (exact) mass is 280 g/mol. The number of benzene rings is 1. The van der Waals surface area contributed by atoms with E-state index in [1.54, 1.807) is 18.2 Å². The Balaban J connectivity index is 2.32. The van der Waals surface area contributed by atoms with Gasteiger partial charge in [-0.1, -0.05) is 6.07 Å². The van der Waals surface area contributed by atoms with Crippen molar-refractivity contribution in [3.63, 3.8) is 0 Å². The normalized spacial score (nSPS) is 11.5. The van der Waals surface area contributed by atoms with E-state index in [0.717, 1.165) is 11.1 Å². The summed E-state index contributed by atoms with van der Waals surface area (Å²) >= 11 is 0. The van der Waals surface area contributed by atoms with Crippen molar-refractivity contribution in [2.75, 3.05) is 11.8 Å². The number of hydrogen-bond donors (Lipinski definition) is 3. The summed E-state index contributed by atoms with van der Waals surface area (Å²) in [6, 6.07) is 5.07. The third kappa shape index (κ3) is 3.12. The van der Waals surface area contributed by atoms with E-state index in [4.69, 9.17) is 0 Å². The van der Waals surface area contributed by atoms with Crippen LogP contribution in [-0.2, 0) is 16.6 Å². The van der Waals surface area contributed by atoms with Crippen LogP contribution in [0, 0.1) is 6.92 Å². The van der Waals surface area contributed by atoms with Crippen molar-refractivity contribution in [3.8, 4) is 0 Å². The molecule has 2 rings (SSSR count). The van der Waals surface area contributed by atoms with Crippen LogP contribution in [0.2, 0.25) is 0 Å². The van der Waals surface area contributed by atoms with Gasteiger partial charge < -0.3 is 5.32 Å². The van der Waals surface area contributed by atoms with Gasteiger partial charge in [0.2, 0.25) is 0 Å². The molecule has 0 saturated heterocycles. The van der Waals surface area contributed by atoms with Gasteiger partial charge in [0, 0.05) is 12.7 Å². The second kappa shape index (κ2) is 5.41. The van der Waals surface area contributed by atoms with Gasteiger partial charge >= 0.3 is 0 Å². The Bertz CT molecular complexity index is 650. The van der Waals surface area contributed by atoms with Crippen LogP contribution in [0.5, 0.6) is 0 Å². The minimum Gasteiger partial charge on any atom is -0.316 e. The smallest absolute Gasteiger partial charge is 0.262 e. The predicted octanol–water partition coefficient (Wildman–Crippen LogP) is 1.24. The molecule has 2 aromatic rings. The number of aromatic amines is 1. The van der Waals surface area contributed by atoms with Crippen LogP contribution in [0.15, 0.2) is 35.5 Å². The molecule has 3 N–H and O–H groups in total. The van der Waals surface area contributed by atoms with Crippen molar-refractivity contribution in [3.05, 3.63) is 41.7 Å². The first-order chi connectivity index (χ1) is 9.03. The lowest BCUT2D eigenvalue weighted by molar-refractivity contribution is 0.601. The number of nitrogens with zero attached hydrogens (tertiary/aromatic N) is 1. The third-order valence-electron chi connectivity index (χ3n) is 2.75. The summed E-state index contributed by atoms with van der Waals surface area (Å²) in [5, 5.41) is 9.28. The fourth-order valence-corrected chi connectivity index (χ4v) is 2.80. The molecule has 19 heavy (non-hydrogen) atoms. The first-order valence-corrected chi connectivity index (χ1v) is 7.27. The minimum absolute atomic E-state index is 0.240. The molecular weight excluding hydrogens is 264 g/mol. The number of nitrogens with one attached hydrogen (secondary N) is 3. The molecule has 0 aliphatic heterocycles. The number of sulfonamides is 1. The van der Waals surface area contributed by atoms with Crippen LogP contribution in [0.4, 0.5) is 5.69 Å². The summed E-state index contributed by atoms with van der Waals surface area (Å²) in [5.74, 6) is 0. The lowest BCUT2D eigenvalue weighted by Gasteiger charge is -2.10. The number of aromatic nitrogens is 2. The van der Waals surface area contributed by atoms with E-state index in [-0.39, 0.29) is 4.90 Å². The van der Waals surface area contributed by atoms with E-state index in [1.165, 1.54) is 12.4 Å². The zero-order valence-corrected chi connectivity index (χ0v) is 11.6. The molecular formula is C12H16N4O2S. The average Bonchev–Trinajstić information content (AvgIpc) is 2.84. The molecule has 0 spiro atoms. The zero-order chi connectivity index (χ0) is 13.9. The van der Waals surface area contributed by atoms with Crippen LogP contribution >= 0.6 is 0 Å². The van der Waals surface area contributed by atoms with E-state index in [0.29, 0.717) is 12.2 Å². The summed E-state index contributed by atoms with van der Waals surface area (Å²) in [6.07, 6.45) is 2.90. The molecule has 0 saturated carbocycles. The summed E-state index contributed by atoms with van der Waals surface area (Å²) in [5.41, 5.74) is 2.42. The highest BCUT2D eigenvalue weighted by Crippen LogP contribution is 2.18. The SMILES string of the molecule is CNCc1cc(S(=O)(=O)Nc2cn[nH]c2)ccc1C. The lowest BCUT2D eigenvalue weighted by atomic mass is 10.1. The zero-order valence-electron chi connectivity index (χ0n) is 10.8. The summed E-state index contributed by atoms with van der Waals surface area (Å²) in [4.78, 5) is 0.240. The standard InChI is InChI=1S/C12H16N4O2S/c1-9-3-4-12(5-10(9)6-13-2)19(17,18)16-11-7-14-15-8-11/h3-5,7-8,13,16H,6H2,1-2H3,(H,14,15).